The van der Waals surface area contributed by atoms with E-state index in [1.807, 2.05) is 26.0 Å². The van der Waals surface area contributed by atoms with E-state index >= 15 is 0 Å². The summed E-state index contributed by atoms with van der Waals surface area (Å²) in [6.07, 6.45) is 5.14. The minimum atomic E-state index is -2.64. The molecule has 2 saturated carbocycles. The van der Waals surface area contributed by atoms with Crippen LogP contribution in [0.5, 0.6) is 35.3 Å². The van der Waals surface area contributed by atoms with Gasteiger partial charge in [-0.1, -0.05) is 34.8 Å². The Morgan fingerprint density at radius 3 is 1.34 bits per heavy atom. The lowest BCUT2D eigenvalue weighted by atomic mass is 9.82. The van der Waals surface area contributed by atoms with Crippen molar-refractivity contribution in [3.63, 3.8) is 0 Å². The van der Waals surface area contributed by atoms with Gasteiger partial charge in [0, 0.05) is 95.8 Å². The van der Waals surface area contributed by atoms with Crippen LogP contribution in [0.3, 0.4) is 0 Å². The molecule has 4 atom stereocenters. The number of fused-ring (bicyclic) bond motifs is 4. The summed E-state index contributed by atoms with van der Waals surface area (Å²) in [5, 5.41) is 12.9. The fraction of sp³-hybridized carbons (Fsp3) is 0.393. The maximum Gasteiger partial charge on any atom is 0.325 e. The van der Waals surface area contributed by atoms with Gasteiger partial charge in [-0.25, -0.2) is 64.4 Å². The SMILES string of the molecule is Cc1cc(N2CC3CCC(C2)C3Cc2nc(Oc3cc(F)cc(Cl)c3)n(C=CF)n2)ncn1.Cc1cc(N2CC3CCC(C2)C3Cc2nc(Oc3cc(F)cc(Cl)c3)n(CC(F)F)n2)ncn1.Fc1cc(Cl)cc(Oc2nc(Br)nn2CC(F)F)c1. The fourth-order valence-electron chi connectivity index (χ4n) is 11.5. The van der Waals surface area contributed by atoms with E-state index in [1.165, 1.54) is 35.0 Å². The summed E-state index contributed by atoms with van der Waals surface area (Å²) in [6, 6.07) is 14.8. The number of hydrogen-bond acceptors (Lipinski definition) is 15. The van der Waals surface area contributed by atoms with Gasteiger partial charge in [-0.3, -0.25) is 0 Å². The zero-order chi connectivity index (χ0) is 60.8. The van der Waals surface area contributed by atoms with Crippen LogP contribution in [0.4, 0.5) is 46.8 Å². The summed E-state index contributed by atoms with van der Waals surface area (Å²) in [7, 11) is 0. The third-order valence-corrected chi connectivity index (χ3v) is 16.0. The largest absolute Gasteiger partial charge is 0.424 e. The third-order valence-electron chi connectivity index (χ3n) is 15.0. The average Bonchev–Trinajstić information content (AvgIpc) is 2.30. The number of piperidine rings is 2. The quantitative estimate of drug-likeness (QED) is 0.0786. The Bertz CT molecular complexity index is 3590. The molecule has 4 aliphatic rings. The molecule has 454 valence electrons. The van der Waals surface area contributed by atoms with E-state index in [0.717, 1.165) is 115 Å². The summed E-state index contributed by atoms with van der Waals surface area (Å²) >= 11 is 20.4. The number of hydrogen-bond donors (Lipinski definition) is 0. The summed E-state index contributed by atoms with van der Waals surface area (Å²) in [5.41, 5.74) is 1.89. The van der Waals surface area contributed by atoms with E-state index in [1.54, 1.807) is 12.7 Å². The highest BCUT2D eigenvalue weighted by Crippen LogP contribution is 2.46. The maximum absolute atomic E-state index is 13.7. The van der Waals surface area contributed by atoms with Crippen LogP contribution in [0.2, 0.25) is 15.1 Å². The maximum atomic E-state index is 13.7. The van der Waals surface area contributed by atoms with Crippen LogP contribution < -0.4 is 24.0 Å². The lowest BCUT2D eigenvalue weighted by molar-refractivity contribution is 0.117. The van der Waals surface area contributed by atoms with Crippen LogP contribution in [0.25, 0.3) is 6.20 Å². The van der Waals surface area contributed by atoms with Crippen LogP contribution in [0.1, 0.15) is 48.7 Å². The van der Waals surface area contributed by atoms with Crippen LogP contribution >= 0.6 is 50.7 Å². The molecule has 0 radical (unpaired) electrons. The smallest absolute Gasteiger partial charge is 0.325 e. The number of alkyl halides is 4. The van der Waals surface area contributed by atoms with Gasteiger partial charge >= 0.3 is 18.0 Å². The van der Waals surface area contributed by atoms with Gasteiger partial charge in [0.1, 0.15) is 78.4 Å². The third kappa shape index (κ3) is 16.0. The number of nitrogens with zero attached hydrogens (tertiary/aromatic N) is 15. The molecule has 12 rings (SSSR count). The van der Waals surface area contributed by atoms with Crippen molar-refractivity contribution < 1.29 is 49.3 Å². The predicted octanol–water partition coefficient (Wildman–Crippen LogP) is 13.9. The van der Waals surface area contributed by atoms with Gasteiger partial charge in [0.15, 0.2) is 11.6 Å². The zero-order valence-electron chi connectivity index (χ0n) is 45.7. The van der Waals surface area contributed by atoms with Crippen molar-refractivity contribution in [1.82, 2.24) is 64.2 Å². The van der Waals surface area contributed by atoms with Gasteiger partial charge < -0.3 is 24.0 Å². The summed E-state index contributed by atoms with van der Waals surface area (Å²) in [4.78, 5) is 34.5. The minimum absolute atomic E-state index is 0.0421. The molecule has 18 nitrogen and oxygen atoms in total. The van der Waals surface area contributed by atoms with Crippen molar-refractivity contribution >= 4 is 68.6 Å². The molecule has 8 aromatic rings. The summed E-state index contributed by atoms with van der Waals surface area (Å²) in [5.74, 6) is 4.10. The lowest BCUT2D eigenvalue weighted by Crippen LogP contribution is -2.43. The van der Waals surface area contributed by atoms with Crippen LogP contribution in [-0.2, 0) is 25.9 Å². The highest BCUT2D eigenvalue weighted by atomic mass is 79.9. The highest BCUT2D eigenvalue weighted by Gasteiger charge is 2.44. The van der Waals surface area contributed by atoms with Gasteiger partial charge in [-0.2, -0.15) is 24.7 Å². The molecule has 3 aromatic carbocycles. The Morgan fingerprint density at radius 1 is 0.535 bits per heavy atom. The molecular weight excluding hydrogens is 1270 g/mol. The highest BCUT2D eigenvalue weighted by molar-refractivity contribution is 9.10. The Kier molecular flexibility index (Phi) is 19.9. The number of halogens is 12. The fourth-order valence-corrected chi connectivity index (χ4v) is 12.5. The van der Waals surface area contributed by atoms with Gasteiger partial charge in [0.2, 0.25) is 4.73 Å². The molecule has 0 amide bonds. The summed E-state index contributed by atoms with van der Waals surface area (Å²) < 4.78 is 124. The first-order valence-corrected chi connectivity index (χ1v) is 29.0. The first-order valence-electron chi connectivity index (χ1n) is 27.1. The monoisotopic (exact) mass is 1320 g/mol. The predicted molar refractivity (Wildman–Crippen MR) is 305 cm³/mol. The Morgan fingerprint density at radius 2 is 0.930 bits per heavy atom. The molecule has 2 saturated heterocycles. The second kappa shape index (κ2) is 27.6. The molecule has 2 aliphatic carbocycles. The molecule has 0 spiro atoms. The Labute approximate surface area is 510 Å². The molecular formula is C56H53BrCl3F8N15O3. The first-order chi connectivity index (χ1) is 41.2. The Balaban J connectivity index is 0.000000149. The zero-order valence-corrected chi connectivity index (χ0v) is 49.6. The standard InChI is InChI=1S/C23H24ClF3N6O.C23H23ClF2N6O.C10H6BrClF3N3O/c1-13-4-22(29-12-28-13)32-9-14-2-3-15(10-32)19(14)8-21-30-23(33(31-21)11-20(26)27)34-18-6-16(24)5-17(25)7-18;1-14-6-22(28-13-27-14)31-11-15-2-3-16(12-31)20(15)10-21-29-23(32(30-21)5-4-25)33-19-8-17(24)7-18(26)9-19;11-9-16-10(18(17-9)4-8(14)15)19-7-2-5(12)1-6(13)3-7/h4-7,12,14-15,19-20H,2-3,8-11H2,1H3;4-9,13,15-16,20H,2-3,10-12H2,1H3;1-3,8H,4H2. The molecule has 5 aromatic heterocycles. The topological polar surface area (TPSA) is 178 Å². The van der Waals surface area contributed by atoms with Crippen molar-refractivity contribution in [3.05, 3.63) is 146 Å². The van der Waals surface area contributed by atoms with E-state index in [4.69, 9.17) is 49.0 Å². The van der Waals surface area contributed by atoms with Crippen LogP contribution in [0, 0.1) is 66.8 Å². The molecule has 86 heavy (non-hydrogen) atoms. The minimum Gasteiger partial charge on any atom is -0.424 e. The molecule has 4 unspecified atom stereocenters. The first kappa shape index (κ1) is 61.8. The number of aromatic nitrogens is 13. The lowest BCUT2D eigenvalue weighted by Gasteiger charge is -2.38. The van der Waals surface area contributed by atoms with Crippen molar-refractivity contribution in [2.45, 2.75) is 78.3 Å². The summed E-state index contributed by atoms with van der Waals surface area (Å²) in [6.45, 7) is 6.17. The van der Waals surface area contributed by atoms with Crippen LogP contribution in [-0.4, -0.2) is 103 Å². The second-order valence-electron chi connectivity index (χ2n) is 21.0. The molecule has 30 heteroatoms. The molecule has 4 bridgehead atoms. The van der Waals surface area contributed by atoms with E-state index in [0.29, 0.717) is 66.3 Å². The molecule has 0 N–H and O–H groups in total. The van der Waals surface area contributed by atoms with E-state index in [2.05, 4.69) is 75.9 Å². The van der Waals surface area contributed by atoms with Crippen molar-refractivity contribution in [3.8, 4) is 35.3 Å². The van der Waals surface area contributed by atoms with E-state index in [9.17, 15) is 35.1 Å². The molecule has 4 fully saturated rings. The van der Waals surface area contributed by atoms with Crippen molar-refractivity contribution in [2.24, 2.45) is 35.5 Å². The Hall–Kier alpha value is -7.23. The van der Waals surface area contributed by atoms with Crippen LogP contribution in [0.15, 0.2) is 90.4 Å². The second-order valence-corrected chi connectivity index (χ2v) is 23.1. The van der Waals surface area contributed by atoms with Crippen molar-refractivity contribution in [1.29, 1.82) is 0 Å². The van der Waals surface area contributed by atoms with Gasteiger partial charge in [-0.05, 0) is 127 Å². The molecule has 7 heterocycles. The number of rotatable bonds is 17. The van der Waals surface area contributed by atoms with Gasteiger partial charge in [-0.15, -0.1) is 10.2 Å². The van der Waals surface area contributed by atoms with E-state index in [-0.39, 0.29) is 55.1 Å². The number of anilines is 2. The number of ether oxygens (including phenoxy) is 3. The number of aryl methyl sites for hydroxylation is 2. The van der Waals surface area contributed by atoms with Gasteiger partial charge in [0.05, 0.1) is 6.20 Å². The van der Waals surface area contributed by atoms with Crippen molar-refractivity contribution in [2.75, 3.05) is 36.0 Å². The average molecular weight is 1320 g/mol. The van der Waals surface area contributed by atoms with Gasteiger partial charge in [0.25, 0.3) is 12.9 Å². The normalized spacial score (nSPS) is 19.7. The number of benzene rings is 3. The molecule has 2 aliphatic heterocycles. The van der Waals surface area contributed by atoms with E-state index < -0.39 is 43.4 Å².